The summed E-state index contributed by atoms with van der Waals surface area (Å²) in [4.78, 5) is 25.1. The molecule has 3 aromatic rings. The predicted molar refractivity (Wildman–Crippen MR) is 106 cm³/mol. The maximum atomic E-state index is 14.2. The normalized spacial score (nSPS) is 11.9. The molecule has 0 fully saturated rings. The molecule has 0 bridgehead atoms. The first-order chi connectivity index (χ1) is 13.4. The molecule has 0 aliphatic rings. The molecule has 0 radical (unpaired) electrons. The van der Waals surface area contributed by atoms with Crippen molar-refractivity contribution in [3.63, 3.8) is 0 Å². The van der Waals surface area contributed by atoms with Crippen LogP contribution in [0.15, 0.2) is 59.4 Å². The van der Waals surface area contributed by atoms with Crippen LogP contribution in [-0.2, 0) is 0 Å². The van der Waals surface area contributed by atoms with Gasteiger partial charge in [-0.25, -0.2) is 9.07 Å². The third-order valence-corrected chi connectivity index (χ3v) is 4.60. The lowest BCUT2D eigenvalue weighted by molar-refractivity contribution is 0.0927. The number of rotatable bonds is 5. The molecular weight excluding hydrogens is 381 g/mol. The van der Waals surface area contributed by atoms with Gasteiger partial charge in [0.15, 0.2) is 5.69 Å². The van der Waals surface area contributed by atoms with Gasteiger partial charge in [0.05, 0.1) is 6.04 Å². The van der Waals surface area contributed by atoms with Crippen molar-refractivity contribution >= 4 is 17.5 Å². The van der Waals surface area contributed by atoms with Crippen molar-refractivity contribution < 1.29 is 9.18 Å². The third-order valence-electron chi connectivity index (χ3n) is 4.37. The van der Waals surface area contributed by atoms with E-state index in [1.165, 1.54) is 22.9 Å². The summed E-state index contributed by atoms with van der Waals surface area (Å²) in [6.07, 6.45) is 0.597. The van der Waals surface area contributed by atoms with Gasteiger partial charge in [-0.15, -0.1) is 0 Å². The predicted octanol–water partition coefficient (Wildman–Crippen LogP) is 4.21. The molecule has 1 unspecified atom stereocenters. The Morgan fingerprint density at radius 2 is 1.96 bits per heavy atom. The minimum Gasteiger partial charge on any atom is -0.344 e. The number of carbonyl (C=O) groups excluding carboxylic acids is 1. The van der Waals surface area contributed by atoms with Crippen LogP contribution in [0.1, 0.15) is 41.1 Å². The zero-order valence-corrected chi connectivity index (χ0v) is 16.2. The van der Waals surface area contributed by atoms with E-state index in [-0.39, 0.29) is 17.4 Å². The summed E-state index contributed by atoms with van der Waals surface area (Å²) >= 11 is 6.03. The molecule has 0 aliphatic carbocycles. The summed E-state index contributed by atoms with van der Waals surface area (Å²) in [5.74, 6) is -1.12. The Morgan fingerprint density at radius 3 is 2.64 bits per heavy atom. The molecule has 1 amide bonds. The Balaban J connectivity index is 1.96. The molecular formula is C21H19ClFN3O2. The van der Waals surface area contributed by atoms with Crippen molar-refractivity contribution in [2.75, 3.05) is 0 Å². The van der Waals surface area contributed by atoms with E-state index >= 15 is 0 Å². The fraction of sp³-hybridized carbons (Fsp3) is 0.190. The molecule has 1 heterocycles. The molecule has 0 spiro atoms. The number of para-hydroxylation sites is 1. The monoisotopic (exact) mass is 399 g/mol. The van der Waals surface area contributed by atoms with Gasteiger partial charge in [-0.05, 0) is 43.2 Å². The van der Waals surface area contributed by atoms with E-state index < -0.39 is 17.2 Å². The van der Waals surface area contributed by atoms with E-state index in [1.54, 1.807) is 37.3 Å². The quantitative estimate of drug-likeness (QED) is 0.698. The Hall–Kier alpha value is -2.99. The van der Waals surface area contributed by atoms with E-state index in [1.807, 2.05) is 13.0 Å². The largest absolute Gasteiger partial charge is 0.344 e. The van der Waals surface area contributed by atoms with Crippen LogP contribution in [0.25, 0.3) is 5.69 Å². The van der Waals surface area contributed by atoms with Crippen LogP contribution in [0.5, 0.6) is 0 Å². The molecule has 2 aromatic carbocycles. The fourth-order valence-corrected chi connectivity index (χ4v) is 3.14. The molecule has 28 heavy (non-hydrogen) atoms. The van der Waals surface area contributed by atoms with E-state index in [2.05, 4.69) is 10.4 Å². The van der Waals surface area contributed by atoms with Crippen molar-refractivity contribution in [2.45, 2.75) is 26.3 Å². The van der Waals surface area contributed by atoms with Crippen molar-refractivity contribution in [3.05, 3.63) is 92.6 Å². The van der Waals surface area contributed by atoms with Crippen LogP contribution in [0.3, 0.4) is 0 Å². The molecule has 0 aliphatic heterocycles. The Kier molecular flexibility index (Phi) is 5.90. The lowest BCUT2D eigenvalue weighted by Gasteiger charge is -2.18. The molecule has 5 nitrogen and oxygen atoms in total. The van der Waals surface area contributed by atoms with Crippen LogP contribution in [-0.4, -0.2) is 15.7 Å². The molecule has 144 valence electrons. The Morgan fingerprint density at radius 1 is 1.21 bits per heavy atom. The summed E-state index contributed by atoms with van der Waals surface area (Å²) < 4.78 is 15.4. The number of aryl methyl sites for hydroxylation is 1. The zero-order chi connectivity index (χ0) is 20.3. The number of hydrogen-bond acceptors (Lipinski definition) is 3. The number of benzene rings is 2. The van der Waals surface area contributed by atoms with Crippen LogP contribution in [0.2, 0.25) is 5.02 Å². The Labute approximate surface area is 166 Å². The topological polar surface area (TPSA) is 64.0 Å². The minimum atomic E-state index is -0.623. The van der Waals surface area contributed by atoms with Crippen molar-refractivity contribution in [1.29, 1.82) is 0 Å². The van der Waals surface area contributed by atoms with Gasteiger partial charge >= 0.3 is 0 Å². The van der Waals surface area contributed by atoms with Crippen LogP contribution in [0, 0.1) is 12.7 Å². The number of hydrogen-bond donors (Lipinski definition) is 1. The second-order valence-electron chi connectivity index (χ2n) is 6.35. The van der Waals surface area contributed by atoms with Crippen molar-refractivity contribution in [2.24, 2.45) is 0 Å². The highest BCUT2D eigenvalue weighted by Gasteiger charge is 2.20. The van der Waals surface area contributed by atoms with Gasteiger partial charge in [0.2, 0.25) is 5.43 Å². The fourth-order valence-electron chi connectivity index (χ4n) is 2.94. The first-order valence-electron chi connectivity index (χ1n) is 8.83. The van der Waals surface area contributed by atoms with E-state index in [9.17, 15) is 14.0 Å². The molecule has 1 aromatic heterocycles. The standard InChI is InChI=1S/C21H19ClFN3O2/c1-3-17(14-7-6-8-15(22)12-14)24-21(28)20-19(27)11-13(2)26(25-20)18-10-5-4-9-16(18)23/h4-12,17H,3H2,1-2H3,(H,24,28). The number of nitrogens with one attached hydrogen (secondary N) is 1. The number of nitrogens with zero attached hydrogens (tertiary/aromatic N) is 2. The SMILES string of the molecule is CCC(NC(=O)c1nn(-c2ccccc2F)c(C)cc1=O)c1cccc(Cl)c1. The maximum absolute atomic E-state index is 14.2. The van der Waals surface area contributed by atoms with Crippen LogP contribution >= 0.6 is 11.6 Å². The van der Waals surface area contributed by atoms with E-state index in [4.69, 9.17) is 11.6 Å². The van der Waals surface area contributed by atoms with Crippen molar-refractivity contribution in [3.8, 4) is 5.69 Å². The highest BCUT2D eigenvalue weighted by atomic mass is 35.5. The average Bonchev–Trinajstić information content (AvgIpc) is 2.67. The number of halogens is 2. The molecule has 1 atom stereocenters. The second-order valence-corrected chi connectivity index (χ2v) is 6.79. The van der Waals surface area contributed by atoms with Gasteiger partial charge in [0, 0.05) is 16.8 Å². The Bertz CT molecular complexity index is 1080. The summed E-state index contributed by atoms with van der Waals surface area (Å²) in [6, 6.07) is 14.1. The number of amides is 1. The number of aromatic nitrogens is 2. The van der Waals surface area contributed by atoms with E-state index in [0.717, 1.165) is 5.56 Å². The van der Waals surface area contributed by atoms with Gasteiger partial charge in [-0.3, -0.25) is 9.59 Å². The van der Waals surface area contributed by atoms with Gasteiger partial charge in [-0.2, -0.15) is 5.10 Å². The highest BCUT2D eigenvalue weighted by Crippen LogP contribution is 2.20. The van der Waals surface area contributed by atoms with Gasteiger partial charge in [0.25, 0.3) is 5.91 Å². The van der Waals surface area contributed by atoms with Gasteiger partial charge < -0.3 is 5.32 Å². The maximum Gasteiger partial charge on any atom is 0.276 e. The summed E-state index contributed by atoms with van der Waals surface area (Å²) in [5, 5.41) is 7.50. The number of carbonyl (C=O) groups is 1. The second kappa shape index (κ2) is 8.35. The van der Waals surface area contributed by atoms with Crippen LogP contribution < -0.4 is 10.7 Å². The lowest BCUT2D eigenvalue weighted by atomic mass is 10.0. The smallest absolute Gasteiger partial charge is 0.276 e. The third kappa shape index (κ3) is 4.12. The first-order valence-corrected chi connectivity index (χ1v) is 9.20. The molecule has 3 rings (SSSR count). The highest BCUT2D eigenvalue weighted by molar-refractivity contribution is 6.30. The minimum absolute atomic E-state index is 0.163. The summed E-state index contributed by atoms with van der Waals surface area (Å²) in [5.41, 5.74) is 0.590. The molecule has 7 heteroatoms. The molecule has 1 N–H and O–H groups in total. The lowest BCUT2D eigenvalue weighted by Crippen LogP contribution is -2.34. The molecule has 0 saturated carbocycles. The van der Waals surface area contributed by atoms with Gasteiger partial charge in [-0.1, -0.05) is 42.8 Å². The average molecular weight is 400 g/mol. The van der Waals surface area contributed by atoms with Gasteiger partial charge in [0.1, 0.15) is 11.5 Å². The molecule has 0 saturated heterocycles. The summed E-state index contributed by atoms with van der Waals surface area (Å²) in [7, 11) is 0. The summed E-state index contributed by atoms with van der Waals surface area (Å²) in [6.45, 7) is 3.54. The zero-order valence-electron chi connectivity index (χ0n) is 15.4. The van der Waals surface area contributed by atoms with Crippen LogP contribution in [0.4, 0.5) is 4.39 Å². The van der Waals surface area contributed by atoms with Crippen molar-refractivity contribution in [1.82, 2.24) is 15.1 Å². The van der Waals surface area contributed by atoms with E-state index in [0.29, 0.717) is 17.1 Å². The first kappa shape index (κ1) is 19.8.